The van der Waals surface area contributed by atoms with E-state index in [4.69, 9.17) is 18.9 Å². The molecule has 0 aromatic heterocycles. The van der Waals surface area contributed by atoms with E-state index in [2.05, 4.69) is 44.3 Å². The summed E-state index contributed by atoms with van der Waals surface area (Å²) in [5.41, 5.74) is 4.69. The highest BCUT2D eigenvalue weighted by Gasteiger charge is 2.20. The number of aliphatic hydroxyl groups excluding tert-OH is 1. The van der Waals surface area contributed by atoms with Crippen LogP contribution in [-0.4, -0.2) is 50.1 Å². The molecule has 0 heterocycles. The standard InChI is InChI=1S/C33H42O7/c1-22(2)32(35)39-16-14-28-20-29(27-12-10-26(11-13-27)25-8-6-24(5)7-9-25)21-30(31(28)38-17-15-34)37-18-19-40-33(36)23(3)4/h10-13,20-21,24-25,34H,1,3,6-9,14-19H2,2,4-5H3. The Hall–Kier alpha value is -3.58. The molecule has 7 nitrogen and oxygen atoms in total. The summed E-state index contributed by atoms with van der Waals surface area (Å²) in [6.07, 6.45) is 5.34. The Kier molecular flexibility index (Phi) is 11.8. The van der Waals surface area contributed by atoms with Gasteiger partial charge in [-0.05, 0) is 67.3 Å². The molecule has 2 aromatic rings. The Morgan fingerprint density at radius 2 is 1.45 bits per heavy atom. The van der Waals surface area contributed by atoms with Gasteiger partial charge in [0.05, 0.1) is 13.2 Å². The minimum Gasteiger partial charge on any atom is -0.487 e. The number of benzene rings is 2. The Labute approximate surface area is 237 Å². The second-order valence-electron chi connectivity index (χ2n) is 10.5. The molecule has 2 aromatic carbocycles. The van der Waals surface area contributed by atoms with Crippen LogP contribution in [0, 0.1) is 5.92 Å². The van der Waals surface area contributed by atoms with E-state index in [9.17, 15) is 14.7 Å². The summed E-state index contributed by atoms with van der Waals surface area (Å²) in [5.74, 6) is 1.35. The summed E-state index contributed by atoms with van der Waals surface area (Å²) in [7, 11) is 0. The summed E-state index contributed by atoms with van der Waals surface area (Å²) in [4.78, 5) is 23.7. The number of carbonyl (C=O) groups excluding carboxylic acids is 2. The Morgan fingerprint density at radius 1 is 0.825 bits per heavy atom. The van der Waals surface area contributed by atoms with Gasteiger partial charge in [0.1, 0.15) is 19.8 Å². The quantitative estimate of drug-likeness (QED) is 0.171. The third-order valence-corrected chi connectivity index (χ3v) is 7.08. The zero-order valence-corrected chi connectivity index (χ0v) is 24.0. The number of hydrogen-bond donors (Lipinski definition) is 1. The van der Waals surface area contributed by atoms with Gasteiger partial charge < -0.3 is 24.1 Å². The lowest BCUT2D eigenvalue weighted by atomic mass is 9.79. The Morgan fingerprint density at radius 3 is 2.05 bits per heavy atom. The van der Waals surface area contributed by atoms with Crippen LogP contribution in [0.1, 0.15) is 63.5 Å². The van der Waals surface area contributed by atoms with E-state index in [1.807, 2.05) is 12.1 Å². The van der Waals surface area contributed by atoms with Crippen molar-refractivity contribution in [3.8, 4) is 22.6 Å². The highest BCUT2D eigenvalue weighted by Crippen LogP contribution is 2.39. The first kappa shape index (κ1) is 31.0. The molecule has 1 fully saturated rings. The van der Waals surface area contributed by atoms with Crippen LogP contribution < -0.4 is 9.47 Å². The van der Waals surface area contributed by atoms with E-state index in [1.54, 1.807) is 13.8 Å². The Balaban J connectivity index is 1.88. The molecule has 0 bridgehead atoms. The van der Waals surface area contributed by atoms with E-state index in [1.165, 1.54) is 31.2 Å². The van der Waals surface area contributed by atoms with E-state index in [-0.39, 0.29) is 33.0 Å². The minimum absolute atomic E-state index is 0.0373. The second kappa shape index (κ2) is 15.3. The number of hydrogen-bond acceptors (Lipinski definition) is 7. The number of ether oxygens (including phenoxy) is 4. The monoisotopic (exact) mass is 550 g/mol. The molecule has 7 heteroatoms. The van der Waals surface area contributed by atoms with Crippen molar-refractivity contribution in [2.45, 2.75) is 58.8 Å². The average Bonchev–Trinajstić information content (AvgIpc) is 2.94. The predicted molar refractivity (Wildman–Crippen MR) is 156 cm³/mol. The lowest BCUT2D eigenvalue weighted by molar-refractivity contribution is -0.140. The maximum atomic E-state index is 11.9. The zero-order valence-electron chi connectivity index (χ0n) is 24.0. The summed E-state index contributed by atoms with van der Waals surface area (Å²) in [5, 5.41) is 9.42. The average molecular weight is 551 g/mol. The number of rotatable bonds is 14. The predicted octanol–water partition coefficient (Wildman–Crippen LogP) is 6.18. The molecule has 216 valence electrons. The molecule has 0 unspecified atom stereocenters. The first-order chi connectivity index (χ1) is 19.2. The molecule has 1 aliphatic rings. The molecule has 1 saturated carbocycles. The largest absolute Gasteiger partial charge is 0.487 e. The van der Waals surface area contributed by atoms with E-state index >= 15 is 0 Å². The molecule has 0 radical (unpaired) electrons. The van der Waals surface area contributed by atoms with Crippen molar-refractivity contribution in [3.05, 3.63) is 71.8 Å². The van der Waals surface area contributed by atoms with Crippen molar-refractivity contribution < 1.29 is 33.6 Å². The van der Waals surface area contributed by atoms with Gasteiger partial charge in [0.15, 0.2) is 11.5 Å². The summed E-state index contributed by atoms with van der Waals surface area (Å²) < 4.78 is 22.4. The molecule has 0 aliphatic heterocycles. The van der Waals surface area contributed by atoms with Crippen molar-refractivity contribution in [2.24, 2.45) is 5.92 Å². The highest BCUT2D eigenvalue weighted by atomic mass is 16.6. The normalized spacial score (nSPS) is 16.6. The first-order valence-electron chi connectivity index (χ1n) is 14.0. The maximum Gasteiger partial charge on any atom is 0.333 e. The van der Waals surface area contributed by atoms with Gasteiger partial charge in [-0.15, -0.1) is 0 Å². The SMILES string of the molecule is C=C(C)C(=O)OCCOc1cc(-c2ccc(C3CCC(C)CC3)cc2)cc(CCOC(=O)C(=C)C)c1OCCO. The molecular formula is C33H42O7. The summed E-state index contributed by atoms with van der Waals surface area (Å²) >= 11 is 0. The minimum atomic E-state index is -0.485. The zero-order chi connectivity index (χ0) is 29.1. The van der Waals surface area contributed by atoms with Gasteiger partial charge in [-0.1, -0.05) is 57.2 Å². The van der Waals surface area contributed by atoms with Gasteiger partial charge in [-0.3, -0.25) is 0 Å². The van der Waals surface area contributed by atoms with Gasteiger partial charge >= 0.3 is 11.9 Å². The van der Waals surface area contributed by atoms with Crippen LogP contribution in [-0.2, 0) is 25.5 Å². The van der Waals surface area contributed by atoms with Gasteiger partial charge in [0.25, 0.3) is 0 Å². The summed E-state index contributed by atoms with van der Waals surface area (Å²) in [6.45, 7) is 12.9. The molecule has 0 saturated heterocycles. The molecular weight excluding hydrogens is 508 g/mol. The number of aliphatic hydroxyl groups is 1. The van der Waals surface area contributed by atoms with Crippen LogP contribution in [0.4, 0.5) is 0 Å². The highest BCUT2D eigenvalue weighted by molar-refractivity contribution is 5.87. The fourth-order valence-corrected chi connectivity index (χ4v) is 4.76. The molecule has 3 rings (SSSR count). The number of carbonyl (C=O) groups is 2. The third-order valence-electron chi connectivity index (χ3n) is 7.08. The van der Waals surface area contributed by atoms with E-state index < -0.39 is 11.9 Å². The van der Waals surface area contributed by atoms with Gasteiger partial charge in [0, 0.05) is 23.1 Å². The van der Waals surface area contributed by atoms with Crippen molar-refractivity contribution in [1.29, 1.82) is 0 Å². The third kappa shape index (κ3) is 8.98. The van der Waals surface area contributed by atoms with Crippen LogP contribution in [0.2, 0.25) is 0 Å². The van der Waals surface area contributed by atoms with Crippen LogP contribution in [0.3, 0.4) is 0 Å². The lowest BCUT2D eigenvalue weighted by Crippen LogP contribution is -2.14. The first-order valence-corrected chi connectivity index (χ1v) is 14.0. The van der Waals surface area contributed by atoms with Crippen molar-refractivity contribution in [1.82, 2.24) is 0 Å². The van der Waals surface area contributed by atoms with Crippen LogP contribution in [0.15, 0.2) is 60.7 Å². The molecule has 1 N–H and O–H groups in total. The molecule has 0 amide bonds. The van der Waals surface area contributed by atoms with Crippen LogP contribution >= 0.6 is 0 Å². The molecule has 1 aliphatic carbocycles. The summed E-state index contributed by atoms with van der Waals surface area (Å²) in [6, 6.07) is 12.5. The van der Waals surface area contributed by atoms with Crippen molar-refractivity contribution in [2.75, 3.05) is 33.0 Å². The smallest absolute Gasteiger partial charge is 0.333 e. The van der Waals surface area contributed by atoms with E-state index in [0.717, 1.165) is 22.6 Å². The maximum absolute atomic E-state index is 11.9. The Bertz CT molecular complexity index is 1170. The topological polar surface area (TPSA) is 91.3 Å². The van der Waals surface area contributed by atoms with Crippen molar-refractivity contribution >= 4 is 11.9 Å². The van der Waals surface area contributed by atoms with Crippen molar-refractivity contribution in [3.63, 3.8) is 0 Å². The molecule has 40 heavy (non-hydrogen) atoms. The van der Waals surface area contributed by atoms with E-state index in [0.29, 0.717) is 35.0 Å². The second-order valence-corrected chi connectivity index (χ2v) is 10.5. The number of esters is 2. The van der Waals surface area contributed by atoms with Crippen LogP contribution in [0.5, 0.6) is 11.5 Å². The fraction of sp³-hybridized carbons (Fsp3) is 0.455. The van der Waals surface area contributed by atoms with Crippen LogP contribution in [0.25, 0.3) is 11.1 Å². The fourth-order valence-electron chi connectivity index (χ4n) is 4.76. The lowest BCUT2D eigenvalue weighted by Gasteiger charge is -2.26. The molecule has 0 spiro atoms. The molecule has 0 atom stereocenters. The van der Waals surface area contributed by atoms with Gasteiger partial charge in [-0.25, -0.2) is 9.59 Å². The van der Waals surface area contributed by atoms with Gasteiger partial charge in [-0.2, -0.15) is 0 Å². The van der Waals surface area contributed by atoms with Gasteiger partial charge in [0.2, 0.25) is 0 Å².